The molecule has 1 rings (SSSR count). The van der Waals surface area contributed by atoms with E-state index in [2.05, 4.69) is 14.9 Å². The van der Waals surface area contributed by atoms with Gasteiger partial charge in [0.05, 0.1) is 5.69 Å². The maximum Gasteiger partial charge on any atom is 0.357 e. The highest BCUT2D eigenvalue weighted by molar-refractivity contribution is 7.89. The van der Waals surface area contributed by atoms with E-state index >= 15 is 0 Å². The molecule has 7 nitrogen and oxygen atoms in total. The van der Waals surface area contributed by atoms with Crippen molar-refractivity contribution in [1.29, 1.82) is 0 Å². The number of aromatic nitrogens is 2. The van der Waals surface area contributed by atoms with Gasteiger partial charge in [0.15, 0.2) is 5.69 Å². The van der Waals surface area contributed by atoms with E-state index in [1.165, 1.54) is 6.92 Å². The number of nitrogens with zero attached hydrogens (tertiary/aromatic N) is 1. The Morgan fingerprint density at radius 1 is 1.50 bits per heavy atom. The van der Waals surface area contributed by atoms with Gasteiger partial charge in [0.1, 0.15) is 4.90 Å². The summed E-state index contributed by atoms with van der Waals surface area (Å²) in [7, 11) is -3.84. The van der Waals surface area contributed by atoms with Crippen LogP contribution in [0.3, 0.4) is 0 Å². The Morgan fingerprint density at radius 3 is 2.61 bits per heavy atom. The van der Waals surface area contributed by atoms with Crippen molar-refractivity contribution in [1.82, 2.24) is 14.9 Å². The first-order valence-corrected chi connectivity index (χ1v) is 7.02. The van der Waals surface area contributed by atoms with Gasteiger partial charge in [-0.1, -0.05) is 13.8 Å². The summed E-state index contributed by atoms with van der Waals surface area (Å²) in [6.45, 7) is 5.68. The van der Waals surface area contributed by atoms with Gasteiger partial charge in [-0.3, -0.25) is 5.10 Å². The lowest BCUT2D eigenvalue weighted by atomic mass is 10.1. The molecular formula is C10H17N3O4S. The number of carboxylic acid groups (broad SMARTS) is 1. The second kappa shape index (κ2) is 5.49. The summed E-state index contributed by atoms with van der Waals surface area (Å²) >= 11 is 0. The molecule has 1 aromatic heterocycles. The van der Waals surface area contributed by atoms with E-state index in [0.29, 0.717) is 12.3 Å². The van der Waals surface area contributed by atoms with Crippen molar-refractivity contribution >= 4 is 16.0 Å². The molecule has 0 amide bonds. The van der Waals surface area contributed by atoms with Gasteiger partial charge in [0, 0.05) is 6.54 Å². The topological polar surface area (TPSA) is 112 Å². The molecule has 0 aliphatic heterocycles. The number of carbonyl (C=O) groups is 1. The highest BCUT2D eigenvalue weighted by Gasteiger charge is 2.27. The van der Waals surface area contributed by atoms with Crippen LogP contribution in [0.1, 0.15) is 36.5 Å². The Labute approximate surface area is 106 Å². The Balaban J connectivity index is 2.98. The van der Waals surface area contributed by atoms with Crippen LogP contribution in [0.15, 0.2) is 4.90 Å². The van der Waals surface area contributed by atoms with Gasteiger partial charge in [0.25, 0.3) is 0 Å². The second-order valence-electron chi connectivity index (χ2n) is 4.41. The van der Waals surface area contributed by atoms with Crippen LogP contribution in [0.4, 0.5) is 0 Å². The minimum atomic E-state index is -3.84. The van der Waals surface area contributed by atoms with Gasteiger partial charge in [0.2, 0.25) is 10.0 Å². The smallest absolute Gasteiger partial charge is 0.357 e. The Kier molecular flexibility index (Phi) is 4.47. The lowest BCUT2D eigenvalue weighted by Gasteiger charge is -2.08. The summed E-state index contributed by atoms with van der Waals surface area (Å²) in [6, 6.07) is 0. The normalized spacial score (nSPS) is 12.0. The van der Waals surface area contributed by atoms with E-state index in [0.717, 1.165) is 0 Å². The minimum absolute atomic E-state index is 0.212. The molecule has 0 aliphatic rings. The first kappa shape index (κ1) is 14.7. The quantitative estimate of drug-likeness (QED) is 0.709. The predicted octanol–water partition coefficient (Wildman–Crippen LogP) is 0.741. The third kappa shape index (κ3) is 3.30. The first-order valence-electron chi connectivity index (χ1n) is 5.53. The van der Waals surface area contributed by atoms with Crippen LogP contribution in [0.25, 0.3) is 0 Å². The monoisotopic (exact) mass is 275 g/mol. The molecular weight excluding hydrogens is 258 g/mol. The van der Waals surface area contributed by atoms with Crippen molar-refractivity contribution in [3.63, 3.8) is 0 Å². The number of aromatic amines is 1. The van der Waals surface area contributed by atoms with Crippen molar-refractivity contribution in [2.75, 3.05) is 6.54 Å². The van der Waals surface area contributed by atoms with Gasteiger partial charge < -0.3 is 5.11 Å². The van der Waals surface area contributed by atoms with Gasteiger partial charge >= 0.3 is 5.97 Å². The molecule has 1 heterocycles. The summed E-state index contributed by atoms with van der Waals surface area (Å²) in [5, 5.41) is 14.7. The zero-order valence-electron chi connectivity index (χ0n) is 10.5. The molecule has 0 bridgehead atoms. The fourth-order valence-corrected chi connectivity index (χ4v) is 2.81. The molecule has 0 fully saturated rings. The molecule has 0 saturated heterocycles. The van der Waals surface area contributed by atoms with Gasteiger partial charge in [-0.15, -0.1) is 0 Å². The molecule has 102 valence electrons. The third-order valence-corrected chi connectivity index (χ3v) is 4.00. The van der Waals surface area contributed by atoms with E-state index in [4.69, 9.17) is 5.11 Å². The highest BCUT2D eigenvalue weighted by atomic mass is 32.2. The summed E-state index contributed by atoms with van der Waals surface area (Å²) in [6.07, 6.45) is 0.679. The second-order valence-corrected chi connectivity index (χ2v) is 6.12. The molecule has 0 spiro atoms. The summed E-state index contributed by atoms with van der Waals surface area (Å²) in [5.41, 5.74) is -0.269. The molecule has 1 aromatic rings. The Hall–Kier alpha value is -1.41. The first-order chi connectivity index (χ1) is 8.25. The van der Waals surface area contributed by atoms with Crippen LogP contribution < -0.4 is 4.72 Å². The van der Waals surface area contributed by atoms with E-state index in [9.17, 15) is 13.2 Å². The van der Waals surface area contributed by atoms with Gasteiger partial charge in [-0.25, -0.2) is 17.9 Å². The number of carboxylic acids is 1. The molecule has 0 saturated carbocycles. The lowest BCUT2D eigenvalue weighted by molar-refractivity contribution is 0.0686. The van der Waals surface area contributed by atoms with Crippen LogP contribution in [0.5, 0.6) is 0 Å². The maximum absolute atomic E-state index is 12.0. The van der Waals surface area contributed by atoms with Gasteiger partial charge in [-0.05, 0) is 19.3 Å². The molecule has 0 radical (unpaired) electrons. The molecule has 0 unspecified atom stereocenters. The zero-order valence-corrected chi connectivity index (χ0v) is 11.3. The predicted molar refractivity (Wildman–Crippen MR) is 64.9 cm³/mol. The number of nitrogens with one attached hydrogen (secondary N) is 2. The number of rotatable bonds is 6. The third-order valence-electron chi connectivity index (χ3n) is 2.38. The van der Waals surface area contributed by atoms with Crippen molar-refractivity contribution in [2.24, 2.45) is 5.92 Å². The van der Waals surface area contributed by atoms with Crippen molar-refractivity contribution in [2.45, 2.75) is 32.1 Å². The molecule has 0 aliphatic carbocycles. The number of hydrogen-bond acceptors (Lipinski definition) is 4. The number of hydrogen-bond donors (Lipinski definition) is 3. The average molecular weight is 275 g/mol. The van der Waals surface area contributed by atoms with Crippen LogP contribution >= 0.6 is 0 Å². The largest absolute Gasteiger partial charge is 0.476 e. The number of sulfonamides is 1. The Bertz CT molecular complexity index is 533. The number of H-pyrrole nitrogens is 1. The fraction of sp³-hybridized carbons (Fsp3) is 0.600. The number of aryl methyl sites for hydroxylation is 1. The molecule has 0 atom stereocenters. The zero-order chi connectivity index (χ0) is 13.9. The van der Waals surface area contributed by atoms with Crippen molar-refractivity contribution < 1.29 is 18.3 Å². The lowest BCUT2D eigenvalue weighted by Crippen LogP contribution is -2.27. The van der Waals surface area contributed by atoms with Crippen LogP contribution in [-0.4, -0.2) is 36.2 Å². The minimum Gasteiger partial charge on any atom is -0.476 e. The van der Waals surface area contributed by atoms with Gasteiger partial charge in [-0.2, -0.15) is 5.10 Å². The van der Waals surface area contributed by atoms with Crippen molar-refractivity contribution in [3.05, 3.63) is 11.4 Å². The molecule has 3 N–H and O–H groups in total. The number of aromatic carboxylic acids is 1. The van der Waals surface area contributed by atoms with Crippen LogP contribution in [-0.2, 0) is 10.0 Å². The average Bonchev–Trinajstić information content (AvgIpc) is 2.59. The van der Waals surface area contributed by atoms with Crippen LogP contribution in [0, 0.1) is 12.8 Å². The highest BCUT2D eigenvalue weighted by Crippen LogP contribution is 2.17. The van der Waals surface area contributed by atoms with E-state index in [1.54, 1.807) is 0 Å². The maximum atomic E-state index is 12.0. The summed E-state index contributed by atoms with van der Waals surface area (Å²) in [5.74, 6) is -1.01. The van der Waals surface area contributed by atoms with Crippen LogP contribution in [0.2, 0.25) is 0 Å². The Morgan fingerprint density at radius 2 is 2.11 bits per heavy atom. The fourth-order valence-electron chi connectivity index (χ4n) is 1.45. The van der Waals surface area contributed by atoms with E-state index < -0.39 is 21.7 Å². The van der Waals surface area contributed by atoms with Crippen molar-refractivity contribution in [3.8, 4) is 0 Å². The standard InChI is InChI=1S/C10H17N3O4S/c1-6(2)4-5-11-18(16,17)9-7(3)12-13-8(9)10(14)15/h6,11H,4-5H2,1-3H3,(H,12,13)(H,14,15). The summed E-state index contributed by atoms with van der Waals surface area (Å²) < 4.78 is 26.4. The molecule has 18 heavy (non-hydrogen) atoms. The summed E-state index contributed by atoms with van der Waals surface area (Å²) in [4.78, 5) is 10.6. The van der Waals surface area contributed by atoms with E-state index in [1.807, 2.05) is 13.8 Å². The van der Waals surface area contributed by atoms with E-state index in [-0.39, 0.29) is 17.1 Å². The molecule has 8 heteroatoms. The molecule has 0 aromatic carbocycles. The SMILES string of the molecule is Cc1[nH]nc(C(=O)O)c1S(=O)(=O)NCCC(C)C.